The van der Waals surface area contributed by atoms with Gasteiger partial charge >= 0.3 is 0 Å². The molecule has 0 aromatic carbocycles. The third kappa shape index (κ3) is 3.06. The summed E-state index contributed by atoms with van der Waals surface area (Å²) in [7, 11) is 0. The Hall–Kier alpha value is -1.44. The number of hydrogen-bond acceptors (Lipinski definition) is 4. The number of hydrogen-bond donors (Lipinski definition) is 0. The van der Waals surface area contributed by atoms with Crippen molar-refractivity contribution in [3.8, 4) is 6.07 Å². The number of nitriles is 1. The maximum absolute atomic E-state index is 8.86. The van der Waals surface area contributed by atoms with Crippen molar-refractivity contribution >= 4 is 0 Å². The Morgan fingerprint density at radius 1 is 1.61 bits per heavy atom. The van der Waals surface area contributed by atoms with Gasteiger partial charge in [-0.15, -0.1) is 0 Å². The molecule has 0 spiro atoms. The molecule has 0 saturated carbocycles. The van der Waals surface area contributed by atoms with Crippen molar-refractivity contribution < 1.29 is 4.74 Å². The van der Waals surface area contributed by atoms with Crippen LogP contribution in [0.5, 0.6) is 0 Å². The predicted molar refractivity (Wildman–Crippen MR) is 68.9 cm³/mol. The molecule has 4 heteroatoms. The topological polar surface area (TPSA) is 49.1 Å². The number of nitrogens with zero attached hydrogens (tertiary/aromatic N) is 3. The zero-order valence-corrected chi connectivity index (χ0v) is 11.0. The SMILES string of the molecule is CCC1COC(C)CN1Cc1ccnc(C#N)c1. The highest BCUT2D eigenvalue weighted by Gasteiger charge is 2.25. The van der Waals surface area contributed by atoms with Crippen LogP contribution in [0.2, 0.25) is 0 Å². The molecule has 4 nitrogen and oxygen atoms in total. The van der Waals surface area contributed by atoms with Crippen LogP contribution in [0, 0.1) is 11.3 Å². The molecule has 18 heavy (non-hydrogen) atoms. The van der Waals surface area contributed by atoms with E-state index in [4.69, 9.17) is 10.00 Å². The van der Waals surface area contributed by atoms with Gasteiger partial charge < -0.3 is 4.74 Å². The van der Waals surface area contributed by atoms with Crippen molar-refractivity contribution in [1.82, 2.24) is 9.88 Å². The zero-order chi connectivity index (χ0) is 13.0. The summed E-state index contributed by atoms with van der Waals surface area (Å²) < 4.78 is 5.69. The molecule has 2 unspecified atom stereocenters. The smallest absolute Gasteiger partial charge is 0.140 e. The Morgan fingerprint density at radius 2 is 2.44 bits per heavy atom. The Bertz CT molecular complexity index is 441. The number of pyridine rings is 1. The molecule has 0 bridgehead atoms. The highest BCUT2D eigenvalue weighted by Crippen LogP contribution is 2.17. The maximum Gasteiger partial charge on any atom is 0.140 e. The fourth-order valence-electron chi connectivity index (χ4n) is 2.35. The van der Waals surface area contributed by atoms with Gasteiger partial charge in [0.15, 0.2) is 0 Å². The zero-order valence-electron chi connectivity index (χ0n) is 11.0. The largest absolute Gasteiger partial charge is 0.376 e. The van der Waals surface area contributed by atoms with E-state index in [9.17, 15) is 0 Å². The van der Waals surface area contributed by atoms with Gasteiger partial charge in [0.2, 0.25) is 0 Å². The standard InChI is InChI=1S/C14H19N3O/c1-3-14-10-18-11(2)8-17(14)9-12-4-5-16-13(6-12)7-15/h4-6,11,14H,3,8-10H2,1-2H3. The predicted octanol–water partition coefficient (Wildman–Crippen LogP) is 1.95. The third-order valence-corrected chi connectivity index (χ3v) is 3.38. The Morgan fingerprint density at radius 3 is 3.17 bits per heavy atom. The van der Waals surface area contributed by atoms with Crippen LogP contribution in [0.3, 0.4) is 0 Å². The first-order valence-electron chi connectivity index (χ1n) is 6.43. The lowest BCUT2D eigenvalue weighted by molar-refractivity contribution is -0.0592. The van der Waals surface area contributed by atoms with Gasteiger partial charge in [0.25, 0.3) is 0 Å². The number of ether oxygens (including phenoxy) is 1. The number of morpholine rings is 1. The van der Waals surface area contributed by atoms with Crippen molar-refractivity contribution in [2.45, 2.75) is 39.0 Å². The average molecular weight is 245 g/mol. The van der Waals surface area contributed by atoms with E-state index in [0.717, 1.165) is 31.7 Å². The lowest BCUT2D eigenvalue weighted by Gasteiger charge is -2.38. The van der Waals surface area contributed by atoms with Gasteiger partial charge in [-0.25, -0.2) is 4.98 Å². The molecule has 1 saturated heterocycles. The number of aromatic nitrogens is 1. The van der Waals surface area contributed by atoms with Crippen LogP contribution in [0.4, 0.5) is 0 Å². The third-order valence-electron chi connectivity index (χ3n) is 3.38. The second kappa shape index (κ2) is 5.94. The molecular weight excluding hydrogens is 226 g/mol. The van der Waals surface area contributed by atoms with Crippen molar-refractivity contribution in [2.75, 3.05) is 13.2 Å². The van der Waals surface area contributed by atoms with Crippen LogP contribution in [0.1, 0.15) is 31.5 Å². The van der Waals surface area contributed by atoms with Gasteiger partial charge in [0, 0.05) is 25.3 Å². The van der Waals surface area contributed by atoms with E-state index in [0.29, 0.717) is 11.7 Å². The molecule has 1 fully saturated rings. The van der Waals surface area contributed by atoms with Crippen molar-refractivity contribution in [2.24, 2.45) is 0 Å². The summed E-state index contributed by atoms with van der Waals surface area (Å²) in [5, 5.41) is 8.86. The molecule has 1 aliphatic rings. The maximum atomic E-state index is 8.86. The van der Waals surface area contributed by atoms with Gasteiger partial charge in [-0.1, -0.05) is 6.92 Å². The molecule has 2 heterocycles. The minimum atomic E-state index is 0.282. The van der Waals surface area contributed by atoms with Crippen LogP contribution < -0.4 is 0 Å². The Balaban J connectivity index is 2.08. The van der Waals surface area contributed by atoms with Crippen molar-refractivity contribution in [1.29, 1.82) is 5.26 Å². The fourth-order valence-corrected chi connectivity index (χ4v) is 2.35. The van der Waals surface area contributed by atoms with Gasteiger partial charge in [-0.05, 0) is 31.0 Å². The minimum absolute atomic E-state index is 0.282. The van der Waals surface area contributed by atoms with Gasteiger partial charge in [0.1, 0.15) is 11.8 Å². The lowest BCUT2D eigenvalue weighted by atomic mass is 10.1. The van der Waals surface area contributed by atoms with E-state index in [1.807, 2.05) is 12.1 Å². The molecular formula is C14H19N3O. The monoisotopic (exact) mass is 245 g/mol. The second-order valence-corrected chi connectivity index (χ2v) is 4.80. The lowest BCUT2D eigenvalue weighted by Crippen LogP contribution is -2.47. The molecule has 2 rings (SSSR count). The summed E-state index contributed by atoms with van der Waals surface area (Å²) >= 11 is 0. The molecule has 1 aromatic heterocycles. The van der Waals surface area contributed by atoms with Crippen LogP contribution in [-0.2, 0) is 11.3 Å². The first-order valence-corrected chi connectivity index (χ1v) is 6.43. The van der Waals surface area contributed by atoms with E-state index in [1.165, 1.54) is 0 Å². The molecule has 2 atom stereocenters. The first-order chi connectivity index (χ1) is 8.72. The average Bonchev–Trinajstić information content (AvgIpc) is 2.39. The van der Waals surface area contributed by atoms with E-state index in [1.54, 1.807) is 6.20 Å². The van der Waals surface area contributed by atoms with E-state index >= 15 is 0 Å². The molecule has 0 radical (unpaired) electrons. The summed E-state index contributed by atoms with van der Waals surface area (Å²) in [6, 6.07) is 6.40. The minimum Gasteiger partial charge on any atom is -0.376 e. The number of rotatable bonds is 3. The van der Waals surface area contributed by atoms with Gasteiger partial charge in [-0.2, -0.15) is 5.26 Å². The van der Waals surface area contributed by atoms with Crippen LogP contribution in [0.25, 0.3) is 0 Å². The molecule has 0 N–H and O–H groups in total. The second-order valence-electron chi connectivity index (χ2n) is 4.80. The molecule has 0 aliphatic carbocycles. The van der Waals surface area contributed by atoms with Gasteiger partial charge in [0.05, 0.1) is 12.7 Å². The van der Waals surface area contributed by atoms with Crippen LogP contribution >= 0.6 is 0 Å². The highest BCUT2D eigenvalue weighted by atomic mass is 16.5. The van der Waals surface area contributed by atoms with E-state index < -0.39 is 0 Å². The quantitative estimate of drug-likeness (QED) is 0.816. The van der Waals surface area contributed by atoms with E-state index in [-0.39, 0.29) is 6.10 Å². The molecule has 96 valence electrons. The summed E-state index contributed by atoms with van der Waals surface area (Å²) in [5.74, 6) is 0. The normalized spacial score (nSPS) is 24.7. The van der Waals surface area contributed by atoms with Crippen molar-refractivity contribution in [3.63, 3.8) is 0 Å². The summed E-state index contributed by atoms with van der Waals surface area (Å²) in [6.07, 6.45) is 3.08. The highest BCUT2D eigenvalue weighted by molar-refractivity contribution is 5.25. The fraction of sp³-hybridized carbons (Fsp3) is 0.571. The Labute approximate surface area is 108 Å². The van der Waals surface area contributed by atoms with E-state index in [2.05, 4.69) is 29.8 Å². The molecule has 1 aliphatic heterocycles. The first kappa shape index (κ1) is 13.0. The Kier molecular flexibility index (Phi) is 4.29. The van der Waals surface area contributed by atoms with Crippen LogP contribution in [-0.4, -0.2) is 35.2 Å². The molecule has 0 amide bonds. The summed E-state index contributed by atoms with van der Waals surface area (Å²) in [5.41, 5.74) is 1.64. The summed E-state index contributed by atoms with van der Waals surface area (Å²) in [4.78, 5) is 6.44. The van der Waals surface area contributed by atoms with Crippen LogP contribution in [0.15, 0.2) is 18.3 Å². The molecule has 1 aromatic rings. The van der Waals surface area contributed by atoms with Crippen molar-refractivity contribution in [3.05, 3.63) is 29.6 Å². The van der Waals surface area contributed by atoms with Gasteiger partial charge in [-0.3, -0.25) is 4.90 Å². The summed E-state index contributed by atoms with van der Waals surface area (Å²) in [6.45, 7) is 6.90.